The van der Waals surface area contributed by atoms with Gasteiger partial charge in [-0.3, -0.25) is 0 Å². The van der Waals surface area contributed by atoms with Crippen LogP contribution in [0.2, 0.25) is 0 Å². The molecule has 7 heteroatoms. The highest BCUT2D eigenvalue weighted by molar-refractivity contribution is 5.89. The van der Waals surface area contributed by atoms with Gasteiger partial charge in [0, 0.05) is 48.9 Å². The molecule has 4 aromatic carbocycles. The average molecular weight is 572 g/mol. The fraction of sp³-hybridized carbons (Fsp3) is 0.371. The molecule has 3 atom stereocenters. The fourth-order valence-corrected chi connectivity index (χ4v) is 5.73. The van der Waals surface area contributed by atoms with Crippen molar-refractivity contribution >= 4 is 10.8 Å². The molecular formula is C35H41NO6. The molecule has 1 heterocycles. The quantitative estimate of drug-likeness (QED) is 0.187. The zero-order chi connectivity index (χ0) is 29.1. The molecule has 42 heavy (non-hydrogen) atoms. The summed E-state index contributed by atoms with van der Waals surface area (Å²) >= 11 is 0. The minimum atomic E-state index is -0.0829. The van der Waals surface area contributed by atoms with E-state index in [0.717, 1.165) is 64.2 Å². The topological polar surface area (TPSA) is 78.4 Å². The largest absolute Gasteiger partial charge is 0.496 e. The summed E-state index contributed by atoms with van der Waals surface area (Å²) in [6.45, 7) is 3.71. The van der Waals surface area contributed by atoms with Gasteiger partial charge in [-0.05, 0) is 46.8 Å². The van der Waals surface area contributed by atoms with Crippen LogP contribution in [-0.4, -0.2) is 58.3 Å². The maximum Gasteiger partial charge on any atom is 0.127 e. The second kappa shape index (κ2) is 15.0. The molecule has 7 nitrogen and oxygen atoms in total. The molecule has 1 fully saturated rings. The van der Waals surface area contributed by atoms with Gasteiger partial charge in [0.2, 0.25) is 0 Å². The van der Waals surface area contributed by atoms with Crippen LogP contribution in [0.25, 0.3) is 10.8 Å². The van der Waals surface area contributed by atoms with E-state index in [9.17, 15) is 5.11 Å². The van der Waals surface area contributed by atoms with Crippen molar-refractivity contribution < 1.29 is 28.8 Å². The molecule has 1 saturated heterocycles. The van der Waals surface area contributed by atoms with Gasteiger partial charge in [-0.2, -0.15) is 0 Å². The Bertz CT molecular complexity index is 1410. The highest BCUT2D eigenvalue weighted by Gasteiger charge is 2.35. The first kappa shape index (κ1) is 29.9. The molecule has 0 radical (unpaired) electrons. The number of piperidine rings is 1. The standard InChI is InChI=1S/C35H41NO6/c1-38-32-11-6-4-9-28(32)24-40-16-7-17-41-30-14-12-26(13-15-30)35-29(22-37)20-36-21-34(35)42-23-25-18-27-8-3-5-10-31(27)33(19-25)39-2/h3-6,8-15,18-19,29,34-37H,7,16-17,20-24H2,1-2H3/t29?,34-,35?/m0/s1. The SMILES string of the molecule is COc1ccccc1COCCCOc1ccc(C2C(CO)CNC[C@@H]2OCc2cc(OC)c3ccccc3c2)cc1. The molecule has 1 aliphatic rings. The first-order valence-corrected chi connectivity index (χ1v) is 14.6. The van der Waals surface area contributed by atoms with Crippen LogP contribution >= 0.6 is 0 Å². The monoisotopic (exact) mass is 571 g/mol. The van der Waals surface area contributed by atoms with Crippen LogP contribution in [-0.2, 0) is 22.7 Å². The highest BCUT2D eigenvalue weighted by Crippen LogP contribution is 2.34. The third kappa shape index (κ3) is 7.41. The Kier molecular flexibility index (Phi) is 10.7. The van der Waals surface area contributed by atoms with Crippen LogP contribution in [0, 0.1) is 5.92 Å². The van der Waals surface area contributed by atoms with Crippen molar-refractivity contribution in [3.63, 3.8) is 0 Å². The molecule has 0 amide bonds. The van der Waals surface area contributed by atoms with Crippen molar-refractivity contribution in [3.8, 4) is 17.2 Å². The van der Waals surface area contributed by atoms with Gasteiger partial charge >= 0.3 is 0 Å². The lowest BCUT2D eigenvalue weighted by molar-refractivity contribution is -0.0151. The number of methoxy groups -OCH3 is 2. The van der Waals surface area contributed by atoms with Gasteiger partial charge in [-0.25, -0.2) is 0 Å². The van der Waals surface area contributed by atoms with Crippen LogP contribution in [0.1, 0.15) is 29.0 Å². The number of rotatable bonds is 14. The average Bonchev–Trinajstić information content (AvgIpc) is 3.05. The number of aliphatic hydroxyl groups excluding tert-OH is 1. The lowest BCUT2D eigenvalue weighted by atomic mass is 9.79. The van der Waals surface area contributed by atoms with Crippen molar-refractivity contribution in [2.45, 2.75) is 31.7 Å². The lowest BCUT2D eigenvalue weighted by Gasteiger charge is -2.38. The highest BCUT2D eigenvalue weighted by atomic mass is 16.5. The molecule has 4 aromatic rings. The van der Waals surface area contributed by atoms with E-state index in [-0.39, 0.29) is 24.5 Å². The summed E-state index contributed by atoms with van der Waals surface area (Å²) in [6.07, 6.45) is 0.702. The predicted octanol–water partition coefficient (Wildman–Crippen LogP) is 5.72. The Labute approximate surface area is 248 Å². The molecule has 2 unspecified atom stereocenters. The Balaban J connectivity index is 1.15. The third-order valence-corrected chi connectivity index (χ3v) is 7.88. The fourth-order valence-electron chi connectivity index (χ4n) is 5.73. The maximum absolute atomic E-state index is 10.2. The first-order chi connectivity index (χ1) is 20.7. The number of hydrogen-bond donors (Lipinski definition) is 2. The molecule has 222 valence electrons. The smallest absolute Gasteiger partial charge is 0.127 e. The van der Waals surface area contributed by atoms with Crippen molar-refractivity contribution in [1.29, 1.82) is 0 Å². The molecular weight excluding hydrogens is 530 g/mol. The summed E-state index contributed by atoms with van der Waals surface area (Å²) in [4.78, 5) is 0. The van der Waals surface area contributed by atoms with Crippen molar-refractivity contribution in [2.75, 3.05) is 47.1 Å². The van der Waals surface area contributed by atoms with Crippen molar-refractivity contribution in [1.82, 2.24) is 5.32 Å². The summed E-state index contributed by atoms with van der Waals surface area (Å²) in [5, 5.41) is 15.9. The minimum absolute atomic E-state index is 0.0574. The van der Waals surface area contributed by atoms with Crippen molar-refractivity contribution in [3.05, 3.63) is 102 Å². The van der Waals surface area contributed by atoms with E-state index in [1.165, 1.54) is 0 Å². The van der Waals surface area contributed by atoms with E-state index in [0.29, 0.717) is 26.4 Å². The molecule has 2 N–H and O–H groups in total. The number of benzene rings is 4. The normalized spacial score (nSPS) is 18.6. The third-order valence-electron chi connectivity index (χ3n) is 7.88. The number of aliphatic hydroxyl groups is 1. The Morgan fingerprint density at radius 2 is 1.60 bits per heavy atom. The summed E-state index contributed by atoms with van der Waals surface area (Å²) in [5.41, 5.74) is 3.24. The molecule has 1 aliphatic heterocycles. The van der Waals surface area contributed by atoms with Gasteiger partial charge < -0.3 is 34.1 Å². The van der Waals surface area contributed by atoms with Gasteiger partial charge in [0.05, 0.1) is 46.8 Å². The Hall–Kier alpha value is -3.62. The summed E-state index contributed by atoms with van der Waals surface area (Å²) in [6, 6.07) is 28.5. The summed E-state index contributed by atoms with van der Waals surface area (Å²) < 4.78 is 29.3. The van der Waals surface area contributed by atoms with Crippen LogP contribution in [0.4, 0.5) is 0 Å². The molecule has 0 spiro atoms. The molecule has 0 bridgehead atoms. The Morgan fingerprint density at radius 3 is 2.40 bits per heavy atom. The molecule has 0 aliphatic carbocycles. The van der Waals surface area contributed by atoms with Gasteiger partial charge in [0.25, 0.3) is 0 Å². The van der Waals surface area contributed by atoms with Gasteiger partial charge in [-0.15, -0.1) is 0 Å². The van der Waals surface area contributed by atoms with Gasteiger partial charge in [-0.1, -0.05) is 54.6 Å². The molecule has 0 aromatic heterocycles. The van der Waals surface area contributed by atoms with E-state index >= 15 is 0 Å². The van der Waals surface area contributed by atoms with Crippen LogP contribution in [0.5, 0.6) is 17.2 Å². The number of ether oxygens (including phenoxy) is 5. The zero-order valence-electron chi connectivity index (χ0n) is 24.5. The van der Waals surface area contributed by atoms with Crippen LogP contribution in [0.15, 0.2) is 84.9 Å². The molecule has 5 rings (SSSR count). The van der Waals surface area contributed by atoms with E-state index in [2.05, 4.69) is 35.6 Å². The second-order valence-corrected chi connectivity index (χ2v) is 10.6. The number of fused-ring (bicyclic) bond motifs is 1. The Morgan fingerprint density at radius 1 is 0.810 bits per heavy atom. The number of nitrogens with one attached hydrogen (secondary N) is 1. The van der Waals surface area contributed by atoms with Gasteiger partial charge in [0.1, 0.15) is 17.2 Å². The summed E-state index contributed by atoms with van der Waals surface area (Å²) in [7, 11) is 3.37. The second-order valence-electron chi connectivity index (χ2n) is 10.6. The van der Waals surface area contributed by atoms with E-state index in [1.54, 1.807) is 14.2 Å². The number of para-hydroxylation sites is 1. The van der Waals surface area contributed by atoms with Gasteiger partial charge in [0.15, 0.2) is 0 Å². The van der Waals surface area contributed by atoms with Crippen molar-refractivity contribution in [2.24, 2.45) is 5.92 Å². The lowest BCUT2D eigenvalue weighted by Crippen LogP contribution is -2.47. The zero-order valence-corrected chi connectivity index (χ0v) is 24.5. The van der Waals surface area contributed by atoms with Crippen LogP contribution < -0.4 is 19.5 Å². The first-order valence-electron chi connectivity index (χ1n) is 14.6. The summed E-state index contributed by atoms with van der Waals surface area (Å²) in [5.74, 6) is 2.63. The minimum Gasteiger partial charge on any atom is -0.496 e. The van der Waals surface area contributed by atoms with E-state index in [4.69, 9.17) is 23.7 Å². The maximum atomic E-state index is 10.2. The van der Waals surface area contributed by atoms with Crippen LogP contribution in [0.3, 0.4) is 0 Å². The number of hydrogen-bond acceptors (Lipinski definition) is 7. The van der Waals surface area contributed by atoms with E-state index < -0.39 is 0 Å². The van der Waals surface area contributed by atoms with E-state index in [1.807, 2.05) is 54.6 Å². The predicted molar refractivity (Wildman–Crippen MR) is 164 cm³/mol. The molecule has 0 saturated carbocycles.